The van der Waals surface area contributed by atoms with Gasteiger partial charge in [-0.15, -0.1) is 0 Å². The van der Waals surface area contributed by atoms with Crippen molar-refractivity contribution < 1.29 is 14.3 Å². The van der Waals surface area contributed by atoms with E-state index in [9.17, 15) is 4.79 Å². The molecule has 2 fully saturated rings. The lowest BCUT2D eigenvalue weighted by Crippen LogP contribution is -2.42. The Bertz CT molecular complexity index is 914. The van der Waals surface area contributed by atoms with Crippen molar-refractivity contribution in [2.24, 2.45) is 0 Å². The zero-order valence-electron chi connectivity index (χ0n) is 18.9. The summed E-state index contributed by atoms with van der Waals surface area (Å²) in [6.45, 7) is 8.56. The topological polar surface area (TPSA) is 94.6 Å². The number of anilines is 2. The third kappa shape index (κ3) is 5.23. The zero-order chi connectivity index (χ0) is 22.0. The molecule has 2 aromatic rings. The van der Waals surface area contributed by atoms with Gasteiger partial charge in [-0.25, -0.2) is 4.79 Å². The molecule has 1 unspecified atom stereocenters. The van der Waals surface area contributed by atoms with E-state index in [4.69, 9.17) is 15.2 Å². The normalized spacial score (nSPS) is 21.1. The molecule has 1 aromatic heterocycles. The van der Waals surface area contributed by atoms with E-state index in [0.29, 0.717) is 18.3 Å². The van der Waals surface area contributed by atoms with Gasteiger partial charge in [0.1, 0.15) is 5.60 Å². The van der Waals surface area contributed by atoms with Crippen LogP contribution in [0, 0.1) is 0 Å². The molecule has 0 aliphatic carbocycles. The van der Waals surface area contributed by atoms with Gasteiger partial charge in [-0.05, 0) is 65.0 Å². The Morgan fingerprint density at radius 1 is 1.23 bits per heavy atom. The molecule has 1 amide bonds. The van der Waals surface area contributed by atoms with Gasteiger partial charge in [0.05, 0.1) is 29.1 Å². The number of amides is 1. The van der Waals surface area contributed by atoms with Crippen LogP contribution >= 0.6 is 0 Å². The minimum absolute atomic E-state index is 0.120. The number of hydrogen-bond acceptors (Lipinski definition) is 6. The first-order valence-corrected chi connectivity index (χ1v) is 11.4. The van der Waals surface area contributed by atoms with Crippen LogP contribution in [-0.4, -0.2) is 58.7 Å². The summed E-state index contributed by atoms with van der Waals surface area (Å²) in [6.07, 6.45) is 6.59. The predicted molar refractivity (Wildman–Crippen MR) is 122 cm³/mol. The van der Waals surface area contributed by atoms with Crippen LogP contribution < -0.4 is 11.1 Å². The van der Waals surface area contributed by atoms with E-state index in [1.807, 2.05) is 37.9 Å². The van der Waals surface area contributed by atoms with Gasteiger partial charge in [-0.3, -0.25) is 4.68 Å². The highest BCUT2D eigenvalue weighted by Gasteiger charge is 2.27. The van der Waals surface area contributed by atoms with E-state index < -0.39 is 5.60 Å². The first kappa shape index (κ1) is 21.7. The molecule has 2 saturated heterocycles. The molecule has 170 valence electrons. The summed E-state index contributed by atoms with van der Waals surface area (Å²) in [5, 5.41) is 9.30. The van der Waals surface area contributed by atoms with Gasteiger partial charge in [0.25, 0.3) is 0 Å². The van der Waals surface area contributed by atoms with Crippen LogP contribution in [-0.2, 0) is 9.47 Å². The van der Waals surface area contributed by atoms with Gasteiger partial charge in [-0.2, -0.15) is 5.10 Å². The summed E-state index contributed by atoms with van der Waals surface area (Å²) in [7, 11) is 0. The number of rotatable bonds is 3. The number of aromatic nitrogens is 2. The molecule has 8 heteroatoms. The molecular weight excluding hydrogens is 394 g/mol. The van der Waals surface area contributed by atoms with Crippen molar-refractivity contribution in [2.45, 2.75) is 70.6 Å². The van der Waals surface area contributed by atoms with E-state index in [0.717, 1.165) is 68.5 Å². The average Bonchev–Trinajstić information content (AvgIpc) is 2.96. The van der Waals surface area contributed by atoms with E-state index in [2.05, 4.69) is 21.2 Å². The fourth-order valence-corrected chi connectivity index (χ4v) is 4.43. The van der Waals surface area contributed by atoms with Crippen molar-refractivity contribution in [3.63, 3.8) is 0 Å². The number of nitrogens with two attached hydrogens (primary N) is 1. The lowest BCUT2D eigenvalue weighted by molar-refractivity contribution is 0.0252. The van der Waals surface area contributed by atoms with Crippen LogP contribution in [0.25, 0.3) is 10.9 Å². The van der Waals surface area contributed by atoms with Crippen LogP contribution in [0.4, 0.5) is 16.2 Å². The summed E-state index contributed by atoms with van der Waals surface area (Å²) in [4.78, 5) is 14.4. The molecule has 3 N–H and O–H groups in total. The Hall–Kier alpha value is -2.48. The van der Waals surface area contributed by atoms with Crippen molar-refractivity contribution in [1.29, 1.82) is 0 Å². The highest BCUT2D eigenvalue weighted by atomic mass is 16.6. The molecule has 2 aliphatic rings. The number of carbonyl (C=O) groups is 1. The molecular formula is C23H35N5O3. The third-order valence-corrected chi connectivity index (χ3v) is 5.99. The molecule has 0 saturated carbocycles. The van der Waals surface area contributed by atoms with E-state index in [-0.39, 0.29) is 12.1 Å². The van der Waals surface area contributed by atoms with Crippen LogP contribution in [0.1, 0.15) is 58.9 Å². The first-order valence-electron chi connectivity index (χ1n) is 11.4. The number of likely N-dealkylation sites (tertiary alicyclic amines) is 1. The monoisotopic (exact) mass is 429 g/mol. The van der Waals surface area contributed by atoms with Gasteiger partial charge in [0.2, 0.25) is 0 Å². The van der Waals surface area contributed by atoms with E-state index >= 15 is 0 Å². The molecule has 4 rings (SSSR count). The Morgan fingerprint density at radius 2 is 2.00 bits per heavy atom. The van der Waals surface area contributed by atoms with Gasteiger partial charge >= 0.3 is 6.09 Å². The average molecular weight is 430 g/mol. The fraction of sp³-hybridized carbons (Fsp3) is 0.652. The van der Waals surface area contributed by atoms with Crippen molar-refractivity contribution in [1.82, 2.24) is 14.7 Å². The Kier molecular flexibility index (Phi) is 6.27. The summed E-state index contributed by atoms with van der Waals surface area (Å²) in [6, 6.07) is 4.57. The van der Waals surface area contributed by atoms with Crippen molar-refractivity contribution in [2.75, 3.05) is 37.4 Å². The Labute approximate surface area is 184 Å². The smallest absolute Gasteiger partial charge is 0.410 e. The fourth-order valence-electron chi connectivity index (χ4n) is 4.43. The van der Waals surface area contributed by atoms with E-state index in [1.165, 1.54) is 0 Å². The van der Waals surface area contributed by atoms with E-state index in [1.54, 1.807) is 0 Å². The van der Waals surface area contributed by atoms with Crippen molar-refractivity contribution in [3.8, 4) is 0 Å². The van der Waals surface area contributed by atoms with Gasteiger partial charge in [-0.1, -0.05) is 0 Å². The maximum absolute atomic E-state index is 12.6. The molecule has 1 aromatic carbocycles. The molecule has 1 atom stereocenters. The van der Waals surface area contributed by atoms with Gasteiger partial charge < -0.3 is 25.4 Å². The first-order chi connectivity index (χ1) is 14.8. The number of nitrogens with one attached hydrogen (secondary N) is 1. The summed E-state index contributed by atoms with van der Waals surface area (Å²) in [5.74, 6) is 0. The number of fused-ring (bicyclic) bond motifs is 1. The zero-order valence-corrected chi connectivity index (χ0v) is 18.9. The van der Waals surface area contributed by atoms with Crippen molar-refractivity contribution >= 4 is 28.4 Å². The second-order valence-corrected chi connectivity index (χ2v) is 9.69. The molecule has 8 nitrogen and oxygen atoms in total. The van der Waals surface area contributed by atoms with Crippen molar-refractivity contribution in [3.05, 3.63) is 18.3 Å². The Morgan fingerprint density at radius 3 is 2.74 bits per heavy atom. The highest BCUT2D eigenvalue weighted by molar-refractivity contribution is 5.89. The van der Waals surface area contributed by atoms with Crippen LogP contribution in [0.3, 0.4) is 0 Å². The maximum Gasteiger partial charge on any atom is 0.410 e. The summed E-state index contributed by atoms with van der Waals surface area (Å²) < 4.78 is 13.2. The molecule has 0 radical (unpaired) electrons. The molecule has 0 bridgehead atoms. The molecule has 0 spiro atoms. The van der Waals surface area contributed by atoms with Crippen LogP contribution in [0.2, 0.25) is 0 Å². The highest BCUT2D eigenvalue weighted by Crippen LogP contribution is 2.31. The second kappa shape index (κ2) is 8.94. The van der Waals surface area contributed by atoms with Crippen LogP contribution in [0.5, 0.6) is 0 Å². The summed E-state index contributed by atoms with van der Waals surface area (Å²) in [5.41, 5.74) is 8.57. The maximum atomic E-state index is 12.6. The molecule has 31 heavy (non-hydrogen) atoms. The number of hydrogen-bond donors (Lipinski definition) is 2. The summed E-state index contributed by atoms with van der Waals surface area (Å²) >= 11 is 0. The standard InChI is InChI=1S/C23H35N5O3/c1-23(2,3)31-22(29)27-9-5-4-6-17(15-27)26-20-13-21-16(12-19(20)24)14-25-28(21)18-7-10-30-11-8-18/h12-14,17-18,26H,4-11,15,24H2,1-3H3. The quantitative estimate of drug-likeness (QED) is 0.711. The second-order valence-electron chi connectivity index (χ2n) is 9.69. The third-order valence-electron chi connectivity index (χ3n) is 5.99. The number of ether oxygens (including phenoxy) is 2. The number of benzene rings is 1. The number of nitrogen functional groups attached to an aromatic ring is 1. The minimum Gasteiger partial charge on any atom is -0.444 e. The SMILES string of the molecule is CC(C)(C)OC(=O)N1CCCCC(Nc2cc3c(cnn3C3CCOCC3)cc2N)C1. The lowest BCUT2D eigenvalue weighted by Gasteiger charge is -2.29. The number of carbonyl (C=O) groups excluding carboxylic acids is 1. The lowest BCUT2D eigenvalue weighted by atomic mass is 10.1. The molecule has 3 heterocycles. The largest absolute Gasteiger partial charge is 0.444 e. The van der Waals surface area contributed by atoms with Gasteiger partial charge in [0, 0.05) is 37.7 Å². The predicted octanol–water partition coefficient (Wildman–Crippen LogP) is 4.17. The van der Waals surface area contributed by atoms with Gasteiger partial charge in [0.15, 0.2) is 0 Å². The number of nitrogens with zero attached hydrogens (tertiary/aromatic N) is 3. The minimum atomic E-state index is -0.496. The van der Waals surface area contributed by atoms with Crippen LogP contribution in [0.15, 0.2) is 18.3 Å². The Balaban J connectivity index is 1.52. The molecule has 2 aliphatic heterocycles.